The van der Waals surface area contributed by atoms with Gasteiger partial charge in [-0.15, -0.1) is 0 Å². The van der Waals surface area contributed by atoms with Crippen molar-refractivity contribution in [3.8, 4) is 5.75 Å². The van der Waals surface area contributed by atoms with E-state index in [4.69, 9.17) is 9.84 Å². The summed E-state index contributed by atoms with van der Waals surface area (Å²) in [4.78, 5) is 28.1. The molecule has 0 saturated heterocycles. The largest absolute Gasteiger partial charge is 0.488 e. The maximum Gasteiger partial charge on any atom is 0.335 e. The van der Waals surface area contributed by atoms with Gasteiger partial charge < -0.3 is 19.8 Å². The minimum Gasteiger partial charge on any atom is -0.488 e. The first-order chi connectivity index (χ1) is 16.9. The summed E-state index contributed by atoms with van der Waals surface area (Å²) in [5.74, 6) is -1.07. The van der Waals surface area contributed by atoms with E-state index in [1.165, 1.54) is 6.07 Å². The fraction of sp³-hybridized carbons (Fsp3) is 0.440. The Morgan fingerprint density at radius 3 is 2.50 bits per heavy atom. The number of sulfonamides is 1. The molecule has 2 aromatic rings. The zero-order chi connectivity index (χ0) is 26.6. The van der Waals surface area contributed by atoms with E-state index in [1.54, 1.807) is 48.2 Å². The molecule has 1 aliphatic heterocycles. The van der Waals surface area contributed by atoms with Gasteiger partial charge >= 0.3 is 5.97 Å². The first kappa shape index (κ1) is 27.4. The molecule has 0 radical (unpaired) electrons. The van der Waals surface area contributed by atoms with Crippen LogP contribution in [0, 0.1) is 5.92 Å². The Kier molecular flexibility index (Phi) is 8.59. The Morgan fingerprint density at radius 2 is 1.92 bits per heavy atom. The lowest BCUT2D eigenvalue weighted by Gasteiger charge is -2.38. The van der Waals surface area contributed by atoms with E-state index in [-0.39, 0.29) is 41.4 Å². The van der Waals surface area contributed by atoms with Gasteiger partial charge in [0.15, 0.2) is 0 Å². The Morgan fingerprint density at radius 1 is 1.25 bits per heavy atom. The average Bonchev–Trinajstić information content (AvgIpc) is 2.80. The molecule has 1 aliphatic rings. The van der Waals surface area contributed by atoms with Crippen molar-refractivity contribution in [2.75, 3.05) is 37.7 Å². The Labute approximate surface area is 211 Å². The third kappa shape index (κ3) is 6.96. The number of carbonyl (C=O) groups is 2. The Balaban J connectivity index is 1.87. The second-order valence-electron chi connectivity index (χ2n) is 9.41. The summed E-state index contributed by atoms with van der Waals surface area (Å²) in [6.45, 7) is 4.94. The van der Waals surface area contributed by atoms with E-state index in [1.807, 2.05) is 14.0 Å². The number of hydrogen-bond acceptors (Lipinski definition) is 7. The molecule has 10 nitrogen and oxygen atoms in total. The number of nitrogens with one attached hydrogen (secondary N) is 1. The number of nitrogens with zero attached hydrogens (tertiary/aromatic N) is 2. The van der Waals surface area contributed by atoms with Crippen LogP contribution in [-0.4, -0.2) is 85.5 Å². The molecule has 0 aliphatic carbocycles. The lowest BCUT2D eigenvalue weighted by Crippen LogP contribution is -2.49. The molecule has 0 spiro atoms. The zero-order valence-corrected chi connectivity index (χ0v) is 21.7. The highest BCUT2D eigenvalue weighted by Gasteiger charge is 2.33. The monoisotopic (exact) mass is 519 g/mol. The number of ether oxygens (including phenoxy) is 1. The van der Waals surface area contributed by atoms with E-state index in [0.29, 0.717) is 25.4 Å². The van der Waals surface area contributed by atoms with Crippen molar-refractivity contribution >= 4 is 27.6 Å². The number of likely N-dealkylation sites (N-methyl/N-ethyl adjacent to an activating group) is 1. The van der Waals surface area contributed by atoms with E-state index < -0.39 is 22.0 Å². The standard InChI is InChI=1S/C25H33N3O7S/c1-16-12-28(17(2)15-29)24(30)21-11-20(26-36(4,33)34)9-10-22(21)35-23(16)14-27(3)13-18-5-7-19(8-6-18)25(31)32/h5-11,16-17,23,26,29H,12-15H2,1-4H3,(H,31,32)/t16-,17+,23-/m1/s1. The minimum absolute atomic E-state index is 0.0817. The number of anilines is 1. The van der Waals surface area contributed by atoms with Gasteiger partial charge in [0.1, 0.15) is 11.9 Å². The van der Waals surface area contributed by atoms with E-state index in [0.717, 1.165) is 11.8 Å². The number of hydrogen-bond donors (Lipinski definition) is 3. The lowest BCUT2D eigenvalue weighted by molar-refractivity contribution is 0.0341. The lowest BCUT2D eigenvalue weighted by atomic mass is 9.99. The van der Waals surface area contributed by atoms with Crippen molar-refractivity contribution in [2.45, 2.75) is 32.5 Å². The van der Waals surface area contributed by atoms with Crippen LogP contribution in [0.3, 0.4) is 0 Å². The molecule has 0 fully saturated rings. The van der Waals surface area contributed by atoms with Crippen LogP contribution in [0.25, 0.3) is 0 Å². The van der Waals surface area contributed by atoms with Gasteiger partial charge in [0, 0.05) is 31.2 Å². The number of rotatable bonds is 9. The zero-order valence-electron chi connectivity index (χ0n) is 20.8. The molecule has 3 rings (SSSR count). The normalized spacial score (nSPS) is 19.2. The molecule has 0 bridgehead atoms. The van der Waals surface area contributed by atoms with Crippen LogP contribution in [0.5, 0.6) is 5.75 Å². The third-order valence-corrected chi connectivity index (χ3v) is 6.72. The molecular formula is C25H33N3O7S. The van der Waals surface area contributed by atoms with Crippen LogP contribution in [0.4, 0.5) is 5.69 Å². The molecule has 3 N–H and O–H groups in total. The van der Waals surface area contributed by atoms with Crippen LogP contribution in [0.15, 0.2) is 42.5 Å². The van der Waals surface area contributed by atoms with Gasteiger partial charge in [-0.05, 0) is 49.9 Å². The fourth-order valence-electron chi connectivity index (χ4n) is 4.15. The van der Waals surface area contributed by atoms with E-state index in [2.05, 4.69) is 9.62 Å². The van der Waals surface area contributed by atoms with Gasteiger partial charge in [-0.2, -0.15) is 0 Å². The van der Waals surface area contributed by atoms with Crippen LogP contribution in [-0.2, 0) is 16.6 Å². The summed E-state index contributed by atoms with van der Waals surface area (Å²) in [7, 11) is -1.61. The molecule has 0 saturated carbocycles. The van der Waals surface area contributed by atoms with Gasteiger partial charge in [0.25, 0.3) is 5.91 Å². The molecule has 1 heterocycles. The third-order valence-electron chi connectivity index (χ3n) is 6.11. The average molecular weight is 520 g/mol. The predicted octanol–water partition coefficient (Wildman–Crippen LogP) is 2.11. The summed E-state index contributed by atoms with van der Waals surface area (Å²) < 4.78 is 32.1. The quantitative estimate of drug-likeness (QED) is 0.458. The molecule has 11 heteroatoms. The highest BCUT2D eigenvalue weighted by molar-refractivity contribution is 7.92. The molecule has 0 unspecified atom stereocenters. The van der Waals surface area contributed by atoms with Crippen molar-refractivity contribution in [3.05, 3.63) is 59.2 Å². The second-order valence-corrected chi connectivity index (χ2v) is 11.2. The first-order valence-corrected chi connectivity index (χ1v) is 13.5. The number of fused-ring (bicyclic) bond motifs is 1. The molecule has 1 amide bonds. The number of carboxylic acid groups (broad SMARTS) is 1. The highest BCUT2D eigenvalue weighted by Crippen LogP contribution is 2.31. The van der Waals surface area contributed by atoms with E-state index in [9.17, 15) is 23.1 Å². The SMILES string of the molecule is C[C@@H]1CN([C@@H](C)CO)C(=O)c2cc(NS(C)(=O)=O)ccc2O[C@@H]1CN(C)Cc1ccc(C(=O)O)cc1. The Hall–Kier alpha value is -3.15. The number of aliphatic hydroxyl groups is 1. The molecule has 196 valence electrons. The van der Waals surface area contributed by atoms with Crippen molar-refractivity contribution in [3.63, 3.8) is 0 Å². The van der Waals surface area contributed by atoms with E-state index >= 15 is 0 Å². The summed E-state index contributed by atoms with van der Waals surface area (Å²) in [6.07, 6.45) is 0.715. The molecule has 0 aromatic heterocycles. The summed E-state index contributed by atoms with van der Waals surface area (Å²) in [5.41, 5.74) is 1.63. The van der Waals surface area contributed by atoms with Gasteiger partial charge in [0.2, 0.25) is 10.0 Å². The molecular weight excluding hydrogens is 486 g/mol. The number of carboxylic acids is 1. The number of amides is 1. The second kappa shape index (κ2) is 11.3. The van der Waals surface area contributed by atoms with Crippen LogP contribution in [0.2, 0.25) is 0 Å². The van der Waals surface area contributed by atoms with Crippen LogP contribution >= 0.6 is 0 Å². The maximum atomic E-state index is 13.4. The molecule has 36 heavy (non-hydrogen) atoms. The smallest absolute Gasteiger partial charge is 0.335 e. The number of carbonyl (C=O) groups excluding carboxylic acids is 1. The number of aliphatic hydroxyl groups excluding tert-OH is 1. The Bertz CT molecular complexity index is 1200. The van der Waals surface area contributed by atoms with Gasteiger partial charge in [0.05, 0.1) is 30.0 Å². The first-order valence-electron chi connectivity index (χ1n) is 11.6. The van der Waals surface area contributed by atoms with Crippen molar-refractivity contribution in [2.24, 2.45) is 5.92 Å². The van der Waals surface area contributed by atoms with Gasteiger partial charge in [-0.25, -0.2) is 13.2 Å². The summed E-state index contributed by atoms with van der Waals surface area (Å²) in [6, 6.07) is 10.8. The van der Waals surface area contributed by atoms with Crippen LogP contribution < -0.4 is 9.46 Å². The van der Waals surface area contributed by atoms with Gasteiger partial charge in [-0.1, -0.05) is 19.1 Å². The maximum absolute atomic E-state index is 13.4. The molecule has 2 aromatic carbocycles. The minimum atomic E-state index is -3.54. The summed E-state index contributed by atoms with van der Waals surface area (Å²) in [5, 5.41) is 18.9. The fourth-order valence-corrected chi connectivity index (χ4v) is 4.71. The summed E-state index contributed by atoms with van der Waals surface area (Å²) >= 11 is 0. The van der Waals surface area contributed by atoms with Crippen molar-refractivity contribution in [1.82, 2.24) is 9.80 Å². The van der Waals surface area contributed by atoms with Crippen molar-refractivity contribution < 1.29 is 33.0 Å². The molecule has 3 atom stereocenters. The predicted molar refractivity (Wildman–Crippen MR) is 136 cm³/mol. The van der Waals surface area contributed by atoms with Gasteiger partial charge in [-0.3, -0.25) is 14.4 Å². The topological polar surface area (TPSA) is 136 Å². The van der Waals surface area contributed by atoms with Crippen LogP contribution in [0.1, 0.15) is 40.1 Å². The van der Waals surface area contributed by atoms with Crippen molar-refractivity contribution in [1.29, 1.82) is 0 Å². The number of aromatic carboxylic acids is 1. The highest BCUT2D eigenvalue weighted by atomic mass is 32.2. The number of benzene rings is 2.